The Balaban J connectivity index is 2.08. The number of rotatable bonds is 4. The molecule has 2 rings (SSSR count). The lowest BCUT2D eigenvalue weighted by molar-refractivity contribution is 0.617. The number of aromatic nitrogens is 2. The van der Waals surface area contributed by atoms with Crippen molar-refractivity contribution in [1.29, 1.82) is 0 Å². The smallest absolute Gasteiger partial charge is 0.224 e. The van der Waals surface area contributed by atoms with E-state index >= 15 is 0 Å². The van der Waals surface area contributed by atoms with Crippen molar-refractivity contribution in [1.82, 2.24) is 9.97 Å². The summed E-state index contributed by atoms with van der Waals surface area (Å²) >= 11 is 1.61. The topological polar surface area (TPSA) is 49.8 Å². The summed E-state index contributed by atoms with van der Waals surface area (Å²) in [5.74, 6) is 0.161. The van der Waals surface area contributed by atoms with Gasteiger partial charge < -0.3 is 10.6 Å². The van der Waals surface area contributed by atoms with Crippen LogP contribution in [0.25, 0.3) is 0 Å². The highest BCUT2D eigenvalue weighted by atomic mass is 32.1. The van der Waals surface area contributed by atoms with Crippen LogP contribution in [0.3, 0.4) is 0 Å². The number of hydrogen-bond donors (Lipinski definition) is 2. The van der Waals surface area contributed by atoms with Crippen molar-refractivity contribution in [3.63, 3.8) is 0 Å². The third-order valence-corrected chi connectivity index (χ3v) is 2.74. The maximum Gasteiger partial charge on any atom is 0.224 e. The van der Waals surface area contributed by atoms with E-state index in [1.165, 1.54) is 0 Å². The molecular weight excluding hydrogens is 227 g/mol. The molecule has 84 valence electrons. The second kappa shape index (κ2) is 4.89. The summed E-state index contributed by atoms with van der Waals surface area (Å²) in [5.41, 5.74) is 1.11. The Kier molecular flexibility index (Phi) is 3.31. The molecule has 16 heavy (non-hydrogen) atoms. The van der Waals surface area contributed by atoms with Gasteiger partial charge >= 0.3 is 0 Å². The fraction of sp³-hybridized carbons (Fsp3) is 0.200. The Morgan fingerprint density at radius 1 is 1.50 bits per heavy atom. The number of hydrogen-bond acceptors (Lipinski definition) is 5. The van der Waals surface area contributed by atoms with Gasteiger partial charge in [0, 0.05) is 13.6 Å². The van der Waals surface area contributed by atoms with Crippen molar-refractivity contribution in [3.05, 3.63) is 34.4 Å². The molecule has 0 aliphatic heterocycles. The molecule has 0 spiro atoms. The normalized spacial score (nSPS) is 10.1. The summed E-state index contributed by atoms with van der Waals surface area (Å²) in [6.45, 7) is 0.556. The number of nitrogens with zero attached hydrogens (tertiary/aromatic N) is 2. The molecule has 0 unspecified atom stereocenters. The minimum Gasteiger partial charge on any atom is -0.363 e. The molecule has 2 aromatic rings. The predicted molar refractivity (Wildman–Crippen MR) is 63.2 cm³/mol. The quantitative estimate of drug-likeness (QED) is 0.858. The third kappa shape index (κ3) is 2.46. The van der Waals surface area contributed by atoms with Crippen LogP contribution in [0.15, 0.2) is 23.0 Å². The van der Waals surface area contributed by atoms with E-state index < -0.39 is 5.82 Å². The van der Waals surface area contributed by atoms with Crippen LogP contribution in [0.2, 0.25) is 0 Å². The highest BCUT2D eigenvalue weighted by Gasteiger charge is 2.05. The molecule has 0 aromatic carbocycles. The SMILES string of the molecule is CNc1ncc(F)c(NCc2ccsc2)n1. The number of thiophene rings is 1. The maximum absolute atomic E-state index is 13.3. The van der Waals surface area contributed by atoms with Gasteiger partial charge in [0.2, 0.25) is 5.95 Å². The fourth-order valence-corrected chi connectivity index (χ4v) is 1.86. The summed E-state index contributed by atoms with van der Waals surface area (Å²) in [6, 6.07) is 1.98. The zero-order valence-electron chi connectivity index (χ0n) is 8.70. The first-order valence-electron chi connectivity index (χ1n) is 4.75. The van der Waals surface area contributed by atoms with Gasteiger partial charge in [-0.05, 0) is 22.4 Å². The molecule has 2 N–H and O–H groups in total. The highest BCUT2D eigenvalue weighted by molar-refractivity contribution is 7.07. The molecule has 2 aromatic heterocycles. The van der Waals surface area contributed by atoms with Gasteiger partial charge in [-0.1, -0.05) is 0 Å². The summed E-state index contributed by atoms with van der Waals surface area (Å²) in [7, 11) is 1.69. The first-order chi connectivity index (χ1) is 7.79. The lowest BCUT2D eigenvalue weighted by Crippen LogP contribution is -2.06. The van der Waals surface area contributed by atoms with Crippen molar-refractivity contribution in [2.75, 3.05) is 17.7 Å². The Hall–Kier alpha value is -1.69. The molecule has 0 amide bonds. The van der Waals surface area contributed by atoms with Crippen LogP contribution in [-0.2, 0) is 6.54 Å². The van der Waals surface area contributed by atoms with Crippen LogP contribution in [0.5, 0.6) is 0 Å². The van der Waals surface area contributed by atoms with Crippen molar-refractivity contribution in [2.24, 2.45) is 0 Å². The number of nitrogens with one attached hydrogen (secondary N) is 2. The van der Waals surface area contributed by atoms with Crippen molar-refractivity contribution < 1.29 is 4.39 Å². The van der Waals surface area contributed by atoms with Crippen LogP contribution >= 0.6 is 11.3 Å². The van der Waals surface area contributed by atoms with E-state index in [1.807, 2.05) is 16.8 Å². The minimum atomic E-state index is -0.450. The van der Waals surface area contributed by atoms with Crippen LogP contribution in [0.1, 0.15) is 5.56 Å². The Bertz CT molecular complexity index is 458. The van der Waals surface area contributed by atoms with E-state index in [4.69, 9.17) is 0 Å². The predicted octanol–water partition coefficient (Wildman–Crippen LogP) is 2.33. The van der Waals surface area contributed by atoms with Crippen molar-refractivity contribution >= 4 is 23.1 Å². The molecule has 4 nitrogen and oxygen atoms in total. The van der Waals surface area contributed by atoms with E-state index in [2.05, 4.69) is 20.6 Å². The Morgan fingerprint density at radius 2 is 2.38 bits per heavy atom. The average molecular weight is 238 g/mol. The molecule has 0 saturated carbocycles. The van der Waals surface area contributed by atoms with Gasteiger partial charge in [-0.15, -0.1) is 0 Å². The molecule has 0 radical (unpaired) electrons. The van der Waals surface area contributed by atoms with E-state index in [0.29, 0.717) is 12.5 Å². The summed E-state index contributed by atoms with van der Waals surface area (Å²) < 4.78 is 13.3. The molecule has 0 aliphatic rings. The van der Waals surface area contributed by atoms with Crippen LogP contribution < -0.4 is 10.6 Å². The standard InChI is InChI=1S/C10H11FN4S/c1-12-10-14-5-8(11)9(15-10)13-4-7-2-3-16-6-7/h2-3,5-6H,4H2,1H3,(H2,12,13,14,15). The molecule has 0 atom stereocenters. The monoisotopic (exact) mass is 238 g/mol. The van der Waals surface area contributed by atoms with E-state index in [-0.39, 0.29) is 5.82 Å². The van der Waals surface area contributed by atoms with E-state index in [9.17, 15) is 4.39 Å². The van der Waals surface area contributed by atoms with Gasteiger partial charge in [0.15, 0.2) is 11.6 Å². The fourth-order valence-electron chi connectivity index (χ4n) is 1.19. The highest BCUT2D eigenvalue weighted by Crippen LogP contribution is 2.14. The van der Waals surface area contributed by atoms with E-state index in [1.54, 1.807) is 18.4 Å². The first-order valence-corrected chi connectivity index (χ1v) is 5.69. The van der Waals surface area contributed by atoms with Gasteiger partial charge in [-0.3, -0.25) is 0 Å². The number of anilines is 2. The molecule has 0 fully saturated rings. The molecule has 0 saturated heterocycles. The van der Waals surface area contributed by atoms with Gasteiger partial charge in [-0.2, -0.15) is 16.3 Å². The van der Waals surface area contributed by atoms with Crippen LogP contribution in [0, 0.1) is 5.82 Å². The maximum atomic E-state index is 13.3. The first kappa shape index (κ1) is 10.8. The van der Waals surface area contributed by atoms with Gasteiger partial charge in [0.1, 0.15) is 0 Å². The molecule has 6 heteroatoms. The lowest BCUT2D eigenvalue weighted by atomic mass is 10.3. The summed E-state index contributed by atoms with van der Waals surface area (Å²) in [4.78, 5) is 7.75. The molecule has 0 aliphatic carbocycles. The zero-order valence-corrected chi connectivity index (χ0v) is 9.51. The summed E-state index contributed by atoms with van der Waals surface area (Å²) in [6.07, 6.45) is 1.15. The largest absolute Gasteiger partial charge is 0.363 e. The van der Waals surface area contributed by atoms with Crippen molar-refractivity contribution in [2.45, 2.75) is 6.54 Å². The lowest BCUT2D eigenvalue weighted by Gasteiger charge is -2.06. The second-order valence-electron chi connectivity index (χ2n) is 3.13. The Morgan fingerprint density at radius 3 is 3.06 bits per heavy atom. The van der Waals surface area contributed by atoms with Crippen LogP contribution in [0.4, 0.5) is 16.2 Å². The average Bonchev–Trinajstić information content (AvgIpc) is 2.81. The van der Waals surface area contributed by atoms with Crippen LogP contribution in [-0.4, -0.2) is 17.0 Å². The third-order valence-electron chi connectivity index (χ3n) is 2.01. The Labute approximate surface area is 96.6 Å². The van der Waals surface area contributed by atoms with Gasteiger partial charge in [-0.25, -0.2) is 9.37 Å². The molecule has 2 heterocycles. The second-order valence-corrected chi connectivity index (χ2v) is 3.91. The van der Waals surface area contributed by atoms with Gasteiger partial charge in [0.05, 0.1) is 6.20 Å². The van der Waals surface area contributed by atoms with Gasteiger partial charge in [0.25, 0.3) is 0 Å². The summed E-state index contributed by atoms with van der Waals surface area (Å²) in [5, 5.41) is 9.68. The zero-order chi connectivity index (χ0) is 11.4. The molecule has 0 bridgehead atoms. The molecular formula is C10H11FN4S. The number of halogens is 1. The van der Waals surface area contributed by atoms with Crippen molar-refractivity contribution in [3.8, 4) is 0 Å². The van der Waals surface area contributed by atoms with E-state index in [0.717, 1.165) is 11.8 Å². The minimum absolute atomic E-state index is 0.213.